The Morgan fingerprint density at radius 2 is 2.06 bits per heavy atom. The molecule has 35 heavy (non-hydrogen) atoms. The summed E-state index contributed by atoms with van der Waals surface area (Å²) in [6.45, 7) is 5.76. The third kappa shape index (κ3) is 5.03. The van der Waals surface area contributed by atoms with Crippen LogP contribution >= 0.6 is 0 Å². The van der Waals surface area contributed by atoms with Gasteiger partial charge in [-0.05, 0) is 40.0 Å². The third-order valence-electron chi connectivity index (χ3n) is 6.38. The van der Waals surface area contributed by atoms with Crippen LogP contribution in [0.3, 0.4) is 0 Å². The highest BCUT2D eigenvalue weighted by Crippen LogP contribution is 2.33. The molecule has 1 N–H and O–H groups in total. The summed E-state index contributed by atoms with van der Waals surface area (Å²) in [5, 5.41) is 12.0. The van der Waals surface area contributed by atoms with E-state index in [-0.39, 0.29) is 30.1 Å². The second-order valence-electron chi connectivity index (χ2n) is 9.96. The van der Waals surface area contributed by atoms with Crippen LogP contribution in [0.15, 0.2) is 18.6 Å². The van der Waals surface area contributed by atoms with Gasteiger partial charge in [0, 0.05) is 25.5 Å². The van der Waals surface area contributed by atoms with Crippen molar-refractivity contribution in [3.63, 3.8) is 0 Å². The fourth-order valence-corrected chi connectivity index (χ4v) is 4.86. The van der Waals surface area contributed by atoms with E-state index in [4.69, 9.17) is 4.74 Å². The summed E-state index contributed by atoms with van der Waals surface area (Å²) in [7, 11) is 0. The quantitative estimate of drug-likeness (QED) is 0.629. The van der Waals surface area contributed by atoms with Gasteiger partial charge in [0.25, 0.3) is 5.91 Å². The molecule has 4 atom stereocenters. The summed E-state index contributed by atoms with van der Waals surface area (Å²) >= 11 is 0. The molecule has 4 amide bonds. The summed E-state index contributed by atoms with van der Waals surface area (Å²) in [4.78, 5) is 64.3. The highest BCUT2D eigenvalue weighted by Gasteiger charge is 2.52. The van der Waals surface area contributed by atoms with E-state index in [0.717, 1.165) is 0 Å². The normalized spacial score (nSPS) is 24.3. The van der Waals surface area contributed by atoms with Gasteiger partial charge in [0.1, 0.15) is 29.4 Å². The minimum atomic E-state index is -1.08. The maximum absolute atomic E-state index is 13.4. The molecule has 0 aromatic carbocycles. The van der Waals surface area contributed by atoms with E-state index in [1.807, 2.05) is 0 Å². The lowest BCUT2D eigenvalue weighted by molar-refractivity contribution is -0.139. The van der Waals surface area contributed by atoms with Crippen LogP contribution in [0.2, 0.25) is 0 Å². The number of nitriles is 1. The average Bonchev–Trinajstić information content (AvgIpc) is 3.53. The van der Waals surface area contributed by atoms with Gasteiger partial charge in [0.2, 0.25) is 11.8 Å². The number of amides is 4. The van der Waals surface area contributed by atoms with Gasteiger partial charge in [-0.15, -0.1) is 0 Å². The number of fused-ring (bicyclic) bond motifs is 2. The summed E-state index contributed by atoms with van der Waals surface area (Å²) in [6.07, 6.45) is 5.15. The number of aromatic nitrogens is 2. The highest BCUT2D eigenvalue weighted by molar-refractivity contribution is 5.98. The average molecular weight is 484 g/mol. The van der Waals surface area contributed by atoms with E-state index in [1.165, 1.54) is 28.4 Å². The molecule has 1 aromatic heterocycles. The minimum absolute atomic E-state index is 0.0695. The molecule has 0 unspecified atom stereocenters. The molecule has 0 spiro atoms. The van der Waals surface area contributed by atoms with Crippen molar-refractivity contribution in [2.45, 2.75) is 69.8 Å². The topological polar surface area (TPSA) is 149 Å². The van der Waals surface area contributed by atoms with Crippen molar-refractivity contribution < 1.29 is 23.9 Å². The van der Waals surface area contributed by atoms with Crippen molar-refractivity contribution in [2.24, 2.45) is 0 Å². The van der Waals surface area contributed by atoms with Crippen LogP contribution in [-0.4, -0.2) is 97.9 Å². The molecule has 12 nitrogen and oxygen atoms in total. The Balaban J connectivity index is 1.49. The van der Waals surface area contributed by atoms with E-state index in [1.54, 1.807) is 25.7 Å². The number of ether oxygens (including phenoxy) is 1. The number of likely N-dealkylation sites (tertiary alicyclic amines) is 3. The number of nitrogens with one attached hydrogen (secondary N) is 1. The van der Waals surface area contributed by atoms with E-state index in [9.17, 15) is 24.4 Å². The third-order valence-corrected chi connectivity index (χ3v) is 6.38. The Bertz CT molecular complexity index is 1050. The Labute approximate surface area is 203 Å². The van der Waals surface area contributed by atoms with Crippen LogP contribution in [0.25, 0.3) is 0 Å². The number of piperazine rings is 1. The zero-order valence-electron chi connectivity index (χ0n) is 20.0. The van der Waals surface area contributed by atoms with Crippen LogP contribution < -0.4 is 5.32 Å². The van der Waals surface area contributed by atoms with Crippen LogP contribution in [0.5, 0.6) is 0 Å². The second-order valence-corrected chi connectivity index (χ2v) is 9.96. The zero-order chi connectivity index (χ0) is 25.3. The molecule has 1 aromatic rings. The standard InChI is InChI=1S/C23H29N7O5/c1-23(2,3)35-22(34)27-17(20(32)28-8-4-5-14(28)10-24)13-29-15-9-18(21(29)33)30(12-15)19(31)16-11-25-6-7-26-16/h6-7,11,14-15,17-18H,4-5,8-9,12-13H2,1-3H3,(H,27,34)/t14-,15-,17-,18-/m0/s1. The number of hydrogen-bond acceptors (Lipinski definition) is 8. The first-order valence-corrected chi connectivity index (χ1v) is 11.7. The number of carbonyl (C=O) groups excluding carboxylic acids is 4. The first-order valence-electron chi connectivity index (χ1n) is 11.7. The Morgan fingerprint density at radius 1 is 1.29 bits per heavy atom. The van der Waals surface area contributed by atoms with Crippen LogP contribution in [-0.2, 0) is 14.3 Å². The molecule has 0 aliphatic carbocycles. The van der Waals surface area contributed by atoms with E-state index < -0.39 is 35.7 Å². The number of alkyl carbamates (subject to hydrolysis) is 1. The Kier molecular flexibility index (Phi) is 6.60. The van der Waals surface area contributed by atoms with Gasteiger partial charge in [-0.2, -0.15) is 5.26 Å². The molecule has 3 aliphatic rings. The number of nitrogens with zero attached hydrogens (tertiary/aromatic N) is 6. The molecule has 3 fully saturated rings. The molecule has 0 saturated carbocycles. The van der Waals surface area contributed by atoms with Gasteiger partial charge >= 0.3 is 6.09 Å². The second kappa shape index (κ2) is 9.48. The fraction of sp³-hybridized carbons (Fsp3) is 0.609. The summed E-state index contributed by atoms with van der Waals surface area (Å²) < 4.78 is 5.33. The number of hydrogen-bond donors (Lipinski definition) is 1. The minimum Gasteiger partial charge on any atom is -0.444 e. The van der Waals surface area contributed by atoms with Gasteiger partial charge < -0.3 is 24.8 Å². The molecular weight excluding hydrogens is 454 g/mol. The molecule has 4 heterocycles. The first kappa shape index (κ1) is 24.4. The molecule has 12 heteroatoms. The zero-order valence-corrected chi connectivity index (χ0v) is 20.0. The van der Waals surface area contributed by atoms with Gasteiger partial charge in [-0.25, -0.2) is 9.78 Å². The van der Waals surface area contributed by atoms with Gasteiger partial charge in [0.15, 0.2) is 0 Å². The van der Waals surface area contributed by atoms with E-state index >= 15 is 0 Å². The van der Waals surface area contributed by atoms with Gasteiger partial charge in [0.05, 0.1) is 24.9 Å². The van der Waals surface area contributed by atoms with Gasteiger partial charge in [-0.3, -0.25) is 19.4 Å². The Hall–Kier alpha value is -3.75. The smallest absolute Gasteiger partial charge is 0.408 e. The monoisotopic (exact) mass is 483 g/mol. The molecule has 2 bridgehead atoms. The van der Waals surface area contributed by atoms with Crippen LogP contribution in [0.4, 0.5) is 4.79 Å². The molecule has 3 aliphatic heterocycles. The molecular formula is C23H29N7O5. The van der Waals surface area contributed by atoms with Crippen molar-refractivity contribution >= 4 is 23.8 Å². The lowest BCUT2D eigenvalue weighted by Gasteiger charge is -2.36. The van der Waals surface area contributed by atoms with Crippen molar-refractivity contribution in [3.05, 3.63) is 24.3 Å². The summed E-state index contributed by atoms with van der Waals surface area (Å²) in [6, 6.07) is -0.479. The largest absolute Gasteiger partial charge is 0.444 e. The van der Waals surface area contributed by atoms with Crippen LogP contribution in [0, 0.1) is 11.3 Å². The van der Waals surface area contributed by atoms with Crippen molar-refractivity contribution in [2.75, 3.05) is 19.6 Å². The molecule has 186 valence electrons. The molecule has 3 saturated heterocycles. The molecule has 4 rings (SSSR count). The SMILES string of the molecule is CC(C)(C)OC(=O)N[C@@H](CN1C(=O)[C@@H]2C[C@H]1CN2C(=O)c1cnccn1)C(=O)N1CCC[C@H]1C#N. The predicted molar refractivity (Wildman–Crippen MR) is 120 cm³/mol. The lowest BCUT2D eigenvalue weighted by Crippen LogP contribution is -2.59. The Morgan fingerprint density at radius 3 is 2.69 bits per heavy atom. The van der Waals surface area contributed by atoms with Crippen LogP contribution in [0.1, 0.15) is 50.5 Å². The lowest BCUT2D eigenvalue weighted by atomic mass is 10.1. The highest BCUT2D eigenvalue weighted by atomic mass is 16.6. The van der Waals surface area contributed by atoms with Crippen molar-refractivity contribution in [1.29, 1.82) is 5.26 Å². The van der Waals surface area contributed by atoms with Gasteiger partial charge in [-0.1, -0.05) is 0 Å². The summed E-state index contributed by atoms with van der Waals surface area (Å²) in [5.41, 5.74) is -0.611. The summed E-state index contributed by atoms with van der Waals surface area (Å²) in [5.74, 6) is -1.09. The van der Waals surface area contributed by atoms with E-state index in [0.29, 0.717) is 32.4 Å². The first-order chi connectivity index (χ1) is 16.6. The van der Waals surface area contributed by atoms with Crippen molar-refractivity contribution in [3.8, 4) is 6.07 Å². The maximum Gasteiger partial charge on any atom is 0.408 e. The van der Waals surface area contributed by atoms with Crippen molar-refractivity contribution in [1.82, 2.24) is 30.0 Å². The maximum atomic E-state index is 13.4. The number of rotatable bonds is 5. The fourth-order valence-electron chi connectivity index (χ4n) is 4.86. The molecule has 0 radical (unpaired) electrons. The number of carbonyl (C=O) groups is 4. The van der Waals surface area contributed by atoms with E-state index in [2.05, 4.69) is 21.4 Å². The predicted octanol–water partition coefficient (Wildman–Crippen LogP) is 0.310.